The number of nitrogens with one attached hydrogen (secondary N) is 1. The van der Waals surface area contributed by atoms with E-state index in [-0.39, 0.29) is 12.4 Å². The maximum atomic E-state index is 13.3. The molecule has 1 heterocycles. The van der Waals surface area contributed by atoms with E-state index in [1.807, 2.05) is 45.0 Å². The molecule has 1 N–H and O–H groups in total. The molecule has 0 bridgehead atoms. The Bertz CT molecular complexity index is 848. The molecule has 0 saturated heterocycles. The monoisotopic (exact) mass is 369 g/mol. The third-order valence-electron chi connectivity index (χ3n) is 5.43. The molecule has 1 aliphatic heterocycles. The number of ketones is 1. The van der Waals surface area contributed by atoms with Gasteiger partial charge in [-0.1, -0.05) is 26.0 Å². The molecule has 0 aromatic heterocycles. The molecule has 27 heavy (non-hydrogen) atoms. The number of benzene rings is 1. The van der Waals surface area contributed by atoms with Gasteiger partial charge < -0.3 is 14.8 Å². The predicted molar refractivity (Wildman–Crippen MR) is 103 cm³/mol. The fourth-order valence-corrected chi connectivity index (χ4v) is 3.91. The van der Waals surface area contributed by atoms with E-state index in [0.29, 0.717) is 16.9 Å². The van der Waals surface area contributed by atoms with Crippen molar-refractivity contribution in [3.05, 3.63) is 52.4 Å². The van der Waals surface area contributed by atoms with Crippen LogP contribution in [0.3, 0.4) is 0 Å². The maximum Gasteiger partial charge on any atom is 0.336 e. The molecule has 0 fully saturated rings. The van der Waals surface area contributed by atoms with Gasteiger partial charge in [0.25, 0.3) is 0 Å². The molecule has 0 radical (unpaired) electrons. The molecule has 2 aliphatic rings. The number of hydrogen-bond acceptors (Lipinski definition) is 5. The lowest BCUT2D eigenvalue weighted by molar-refractivity contribution is -0.138. The minimum atomic E-state index is -0.456. The maximum absolute atomic E-state index is 13.3. The average Bonchev–Trinajstić information content (AvgIpc) is 2.64. The Morgan fingerprint density at radius 3 is 2.74 bits per heavy atom. The van der Waals surface area contributed by atoms with Crippen LogP contribution in [0.1, 0.15) is 52.0 Å². The highest BCUT2D eigenvalue weighted by Crippen LogP contribution is 2.47. The molecule has 1 aromatic carbocycles. The van der Waals surface area contributed by atoms with Crippen LogP contribution in [-0.4, -0.2) is 25.5 Å². The van der Waals surface area contributed by atoms with Crippen LogP contribution in [0.2, 0.25) is 0 Å². The summed E-state index contributed by atoms with van der Waals surface area (Å²) in [6.07, 6.45) is 1.56. The molecule has 5 nitrogen and oxygen atoms in total. The number of ether oxygens (including phenoxy) is 2. The number of hydrogen-bond donors (Lipinski definition) is 1. The van der Waals surface area contributed by atoms with Crippen molar-refractivity contribution in [3.63, 3.8) is 0 Å². The summed E-state index contributed by atoms with van der Waals surface area (Å²) in [5.74, 6) is -0.0737. The number of carbonyl (C=O) groups excluding carboxylic acids is 2. The van der Waals surface area contributed by atoms with Crippen LogP contribution in [0.25, 0.3) is 0 Å². The highest BCUT2D eigenvalue weighted by atomic mass is 16.5. The highest BCUT2D eigenvalue weighted by molar-refractivity contribution is 6.06. The van der Waals surface area contributed by atoms with E-state index in [0.717, 1.165) is 29.8 Å². The van der Waals surface area contributed by atoms with Crippen LogP contribution in [0.15, 0.2) is 46.8 Å². The van der Waals surface area contributed by atoms with Gasteiger partial charge in [-0.2, -0.15) is 0 Å². The van der Waals surface area contributed by atoms with Gasteiger partial charge in [-0.25, -0.2) is 4.79 Å². The van der Waals surface area contributed by atoms with Gasteiger partial charge in [-0.3, -0.25) is 4.79 Å². The molecule has 1 unspecified atom stereocenters. The van der Waals surface area contributed by atoms with Crippen molar-refractivity contribution < 1.29 is 19.1 Å². The van der Waals surface area contributed by atoms with Gasteiger partial charge in [-0.05, 0) is 44.4 Å². The number of methoxy groups -OCH3 is 1. The van der Waals surface area contributed by atoms with Gasteiger partial charge in [0.2, 0.25) is 0 Å². The molecule has 1 atom stereocenters. The Kier molecular flexibility index (Phi) is 5.13. The summed E-state index contributed by atoms with van der Waals surface area (Å²) in [5.41, 5.74) is 3.23. The molecular formula is C22H27NO4. The van der Waals surface area contributed by atoms with E-state index >= 15 is 0 Å². The lowest BCUT2D eigenvalue weighted by Crippen LogP contribution is -2.40. The summed E-state index contributed by atoms with van der Waals surface area (Å²) in [7, 11) is 1.61. The van der Waals surface area contributed by atoms with Gasteiger partial charge in [0, 0.05) is 28.3 Å². The third kappa shape index (κ3) is 3.38. The van der Waals surface area contributed by atoms with Crippen LogP contribution in [0.4, 0.5) is 0 Å². The smallest absolute Gasteiger partial charge is 0.336 e. The second kappa shape index (κ2) is 7.22. The van der Waals surface area contributed by atoms with Crippen LogP contribution in [0, 0.1) is 5.41 Å². The Morgan fingerprint density at radius 2 is 2.07 bits per heavy atom. The molecule has 3 rings (SSSR count). The number of carbonyl (C=O) groups is 2. The van der Waals surface area contributed by atoms with Gasteiger partial charge in [0.05, 0.1) is 19.3 Å². The molecule has 5 heteroatoms. The van der Waals surface area contributed by atoms with Crippen LogP contribution >= 0.6 is 0 Å². The zero-order valence-corrected chi connectivity index (χ0v) is 16.6. The molecule has 1 aromatic rings. The standard InChI is InChI=1S/C22H27NO4/c1-6-27-21(25)17-13(2)23-16-10-11-22(3,4)20(24)19(16)18(17)14-8-7-9-15(12-14)26-5/h7-9,12,18,23H,6,10-11H2,1-5H3. The lowest BCUT2D eigenvalue weighted by Gasteiger charge is -2.39. The minimum Gasteiger partial charge on any atom is -0.497 e. The molecule has 0 spiro atoms. The number of esters is 1. The van der Waals surface area contributed by atoms with Gasteiger partial charge in [-0.15, -0.1) is 0 Å². The Labute approximate surface area is 160 Å². The third-order valence-corrected chi connectivity index (χ3v) is 5.43. The fraction of sp³-hybridized carbons (Fsp3) is 0.455. The zero-order chi connectivity index (χ0) is 19.8. The van der Waals surface area contributed by atoms with E-state index in [1.54, 1.807) is 14.0 Å². The summed E-state index contributed by atoms with van der Waals surface area (Å²) >= 11 is 0. The molecule has 0 amide bonds. The second-order valence-electron chi connectivity index (χ2n) is 7.70. The minimum absolute atomic E-state index is 0.0818. The number of dihydropyridines is 1. The largest absolute Gasteiger partial charge is 0.497 e. The fourth-order valence-electron chi connectivity index (χ4n) is 3.91. The highest BCUT2D eigenvalue weighted by Gasteiger charge is 2.45. The van der Waals surface area contributed by atoms with E-state index in [1.165, 1.54) is 0 Å². The van der Waals surface area contributed by atoms with Crippen LogP contribution in [0.5, 0.6) is 5.75 Å². The number of Topliss-reactive ketones (excluding diaryl/α,β-unsaturated/α-hetero) is 1. The van der Waals surface area contributed by atoms with E-state index in [4.69, 9.17) is 9.47 Å². The first kappa shape index (κ1) is 19.2. The molecule has 1 aliphatic carbocycles. The first-order valence-electron chi connectivity index (χ1n) is 9.37. The zero-order valence-electron chi connectivity index (χ0n) is 16.6. The lowest BCUT2D eigenvalue weighted by atomic mass is 9.67. The first-order chi connectivity index (χ1) is 12.8. The topological polar surface area (TPSA) is 64.6 Å². The van der Waals surface area contributed by atoms with Gasteiger partial charge in [0.1, 0.15) is 5.75 Å². The first-order valence-corrected chi connectivity index (χ1v) is 9.37. The van der Waals surface area contributed by atoms with Gasteiger partial charge >= 0.3 is 5.97 Å². The van der Waals surface area contributed by atoms with Crippen LogP contribution < -0.4 is 10.1 Å². The van der Waals surface area contributed by atoms with E-state index in [2.05, 4.69) is 5.32 Å². The van der Waals surface area contributed by atoms with Crippen molar-refractivity contribution in [2.24, 2.45) is 5.41 Å². The van der Waals surface area contributed by atoms with Crippen molar-refractivity contribution >= 4 is 11.8 Å². The van der Waals surface area contributed by atoms with Gasteiger partial charge in [0.15, 0.2) is 5.78 Å². The van der Waals surface area contributed by atoms with E-state index in [9.17, 15) is 9.59 Å². The summed E-state index contributed by atoms with van der Waals surface area (Å²) in [6, 6.07) is 7.56. The predicted octanol–water partition coefficient (Wildman–Crippen LogP) is 3.86. The van der Waals surface area contributed by atoms with Crippen molar-refractivity contribution in [1.82, 2.24) is 5.32 Å². The second-order valence-corrected chi connectivity index (χ2v) is 7.70. The summed E-state index contributed by atoms with van der Waals surface area (Å²) in [4.78, 5) is 26.2. The van der Waals surface area contributed by atoms with Crippen molar-refractivity contribution in [1.29, 1.82) is 0 Å². The normalized spacial score (nSPS) is 21.5. The quantitative estimate of drug-likeness (QED) is 0.817. The SMILES string of the molecule is CCOC(=O)C1=C(C)NC2=C(C(=O)C(C)(C)CC2)C1c1cccc(OC)c1. The van der Waals surface area contributed by atoms with Crippen molar-refractivity contribution in [2.45, 2.75) is 46.5 Å². The molecular weight excluding hydrogens is 342 g/mol. The summed E-state index contributed by atoms with van der Waals surface area (Å²) in [5, 5.41) is 3.31. The Hall–Kier alpha value is -2.56. The number of allylic oxidation sites excluding steroid dienone is 3. The Morgan fingerprint density at radius 1 is 1.33 bits per heavy atom. The number of rotatable bonds is 4. The average molecular weight is 369 g/mol. The van der Waals surface area contributed by atoms with Crippen LogP contribution in [-0.2, 0) is 14.3 Å². The van der Waals surface area contributed by atoms with Crippen molar-refractivity contribution in [3.8, 4) is 5.75 Å². The van der Waals surface area contributed by atoms with Crippen molar-refractivity contribution in [2.75, 3.05) is 13.7 Å². The summed E-state index contributed by atoms with van der Waals surface area (Å²) in [6.45, 7) is 7.87. The Balaban J connectivity index is 2.20. The van der Waals surface area contributed by atoms with E-state index < -0.39 is 17.3 Å². The summed E-state index contributed by atoms with van der Waals surface area (Å²) < 4.78 is 10.7. The molecule has 144 valence electrons. The molecule has 0 saturated carbocycles.